The van der Waals surface area contributed by atoms with Gasteiger partial charge in [-0.2, -0.15) is 16.7 Å². The van der Waals surface area contributed by atoms with E-state index in [9.17, 15) is 4.79 Å². The van der Waals surface area contributed by atoms with Gasteiger partial charge in [0.15, 0.2) is 5.82 Å². The van der Waals surface area contributed by atoms with Crippen molar-refractivity contribution in [1.82, 2.24) is 20.4 Å². The van der Waals surface area contributed by atoms with E-state index in [1.54, 1.807) is 25.3 Å². The van der Waals surface area contributed by atoms with Crippen LogP contribution in [0, 0.1) is 6.92 Å². The van der Waals surface area contributed by atoms with E-state index in [4.69, 9.17) is 9.26 Å². The minimum atomic E-state index is -0.274. The number of amides is 1. The van der Waals surface area contributed by atoms with Gasteiger partial charge in [0.05, 0.1) is 6.54 Å². The molecule has 1 N–H and O–H groups in total. The molecule has 1 saturated heterocycles. The number of hydrogen-bond acceptors (Lipinski definition) is 7. The Morgan fingerprint density at radius 1 is 1.59 bits per heavy atom. The largest absolute Gasteiger partial charge is 0.473 e. The third-order valence-electron chi connectivity index (χ3n) is 3.15. The van der Waals surface area contributed by atoms with E-state index in [1.165, 1.54) is 0 Å². The van der Waals surface area contributed by atoms with Gasteiger partial charge in [-0.1, -0.05) is 5.16 Å². The summed E-state index contributed by atoms with van der Waals surface area (Å²) in [5, 5.41) is 6.41. The van der Waals surface area contributed by atoms with Gasteiger partial charge in [0.25, 0.3) is 5.91 Å². The van der Waals surface area contributed by atoms with Gasteiger partial charge < -0.3 is 14.6 Å². The van der Waals surface area contributed by atoms with E-state index in [0.717, 1.165) is 17.9 Å². The minimum absolute atomic E-state index is 0.116. The highest BCUT2D eigenvalue weighted by Gasteiger charge is 2.21. The molecule has 0 unspecified atom stereocenters. The molecule has 3 rings (SSSR count). The van der Waals surface area contributed by atoms with Crippen LogP contribution in [-0.4, -0.2) is 38.6 Å². The molecule has 1 amide bonds. The molecular weight excluding hydrogens is 304 g/mol. The standard InChI is InChI=1S/C14H16N4O3S/c1-9-17-12(21-18-9)7-16-13(19)11-3-2-5-15-14(11)20-10-4-6-22-8-10/h2-3,5,10H,4,6-8H2,1H3,(H,16,19)/t10-/m0/s1. The van der Waals surface area contributed by atoms with Crippen molar-refractivity contribution in [3.8, 4) is 5.88 Å². The summed E-state index contributed by atoms with van der Waals surface area (Å²) in [5.74, 6) is 3.01. The van der Waals surface area contributed by atoms with Gasteiger partial charge in [-0.25, -0.2) is 4.98 Å². The fourth-order valence-corrected chi connectivity index (χ4v) is 3.18. The minimum Gasteiger partial charge on any atom is -0.473 e. The van der Waals surface area contributed by atoms with Crippen molar-refractivity contribution in [3.63, 3.8) is 0 Å². The van der Waals surface area contributed by atoms with Gasteiger partial charge in [0.2, 0.25) is 11.8 Å². The first-order chi connectivity index (χ1) is 10.7. The SMILES string of the molecule is Cc1noc(CNC(=O)c2cccnc2O[C@H]2CCSC2)n1. The number of ether oxygens (including phenoxy) is 1. The number of carbonyl (C=O) groups is 1. The van der Waals surface area contributed by atoms with Crippen LogP contribution in [0.3, 0.4) is 0 Å². The van der Waals surface area contributed by atoms with Crippen LogP contribution in [0.4, 0.5) is 0 Å². The molecule has 1 aliphatic heterocycles. The van der Waals surface area contributed by atoms with Crippen molar-refractivity contribution in [2.75, 3.05) is 11.5 Å². The lowest BCUT2D eigenvalue weighted by molar-refractivity contribution is 0.0938. The van der Waals surface area contributed by atoms with Crippen LogP contribution in [0.1, 0.15) is 28.5 Å². The molecule has 1 atom stereocenters. The fourth-order valence-electron chi connectivity index (χ4n) is 2.08. The second-order valence-corrected chi connectivity index (χ2v) is 6.03. The summed E-state index contributed by atoms with van der Waals surface area (Å²) in [5.41, 5.74) is 0.413. The van der Waals surface area contributed by atoms with Crippen LogP contribution >= 0.6 is 11.8 Å². The van der Waals surface area contributed by atoms with Crippen molar-refractivity contribution in [1.29, 1.82) is 0 Å². The summed E-state index contributed by atoms with van der Waals surface area (Å²) in [7, 11) is 0. The van der Waals surface area contributed by atoms with Crippen LogP contribution < -0.4 is 10.1 Å². The highest BCUT2D eigenvalue weighted by atomic mass is 32.2. The van der Waals surface area contributed by atoms with Crippen molar-refractivity contribution >= 4 is 17.7 Å². The average Bonchev–Trinajstić information content (AvgIpc) is 3.17. The van der Waals surface area contributed by atoms with E-state index < -0.39 is 0 Å². The lowest BCUT2D eigenvalue weighted by Gasteiger charge is -2.14. The third kappa shape index (κ3) is 3.56. The monoisotopic (exact) mass is 320 g/mol. The number of thioether (sulfide) groups is 1. The Hall–Kier alpha value is -2.09. The number of hydrogen-bond donors (Lipinski definition) is 1. The van der Waals surface area contributed by atoms with E-state index in [1.807, 2.05) is 11.8 Å². The molecule has 22 heavy (non-hydrogen) atoms. The Bertz CT molecular complexity index is 655. The first kappa shape index (κ1) is 14.8. The molecule has 0 radical (unpaired) electrons. The van der Waals surface area contributed by atoms with E-state index >= 15 is 0 Å². The highest BCUT2D eigenvalue weighted by Crippen LogP contribution is 2.24. The van der Waals surface area contributed by atoms with Gasteiger partial charge in [0, 0.05) is 11.9 Å². The van der Waals surface area contributed by atoms with Crippen molar-refractivity contribution in [3.05, 3.63) is 35.6 Å². The number of aromatic nitrogens is 3. The number of rotatable bonds is 5. The summed E-state index contributed by atoms with van der Waals surface area (Å²) in [6.45, 7) is 1.90. The maximum Gasteiger partial charge on any atom is 0.257 e. The first-order valence-corrected chi connectivity index (χ1v) is 8.14. The third-order valence-corrected chi connectivity index (χ3v) is 4.28. The highest BCUT2D eigenvalue weighted by molar-refractivity contribution is 7.99. The quantitative estimate of drug-likeness (QED) is 0.894. The molecule has 0 saturated carbocycles. The van der Waals surface area contributed by atoms with Crippen molar-refractivity contribution in [2.24, 2.45) is 0 Å². The maximum absolute atomic E-state index is 12.3. The second kappa shape index (κ2) is 6.78. The van der Waals surface area contributed by atoms with Crippen LogP contribution in [0.25, 0.3) is 0 Å². The summed E-state index contributed by atoms with van der Waals surface area (Å²) < 4.78 is 10.8. The zero-order chi connectivity index (χ0) is 15.4. The summed E-state index contributed by atoms with van der Waals surface area (Å²) in [4.78, 5) is 20.5. The number of nitrogens with zero attached hydrogens (tertiary/aromatic N) is 3. The van der Waals surface area contributed by atoms with Crippen LogP contribution in [0.15, 0.2) is 22.9 Å². The van der Waals surface area contributed by atoms with Crippen LogP contribution in [0.5, 0.6) is 5.88 Å². The Morgan fingerprint density at radius 2 is 2.50 bits per heavy atom. The second-order valence-electron chi connectivity index (χ2n) is 4.88. The van der Waals surface area contributed by atoms with Crippen LogP contribution in [-0.2, 0) is 6.54 Å². The summed E-state index contributed by atoms with van der Waals surface area (Å²) in [6, 6.07) is 3.40. The molecule has 3 heterocycles. The maximum atomic E-state index is 12.3. The van der Waals surface area contributed by atoms with Gasteiger partial charge in [-0.05, 0) is 31.2 Å². The normalized spacial score (nSPS) is 17.4. The smallest absolute Gasteiger partial charge is 0.257 e. The van der Waals surface area contributed by atoms with E-state index in [0.29, 0.717) is 23.2 Å². The lowest BCUT2D eigenvalue weighted by atomic mass is 10.2. The topological polar surface area (TPSA) is 90.1 Å². The lowest BCUT2D eigenvalue weighted by Crippen LogP contribution is -2.25. The Labute approximate surface area is 131 Å². The average molecular weight is 320 g/mol. The first-order valence-electron chi connectivity index (χ1n) is 6.99. The Balaban J connectivity index is 1.66. The Morgan fingerprint density at radius 3 is 3.23 bits per heavy atom. The predicted octanol–water partition coefficient (Wildman–Crippen LogP) is 1.59. The molecule has 7 nitrogen and oxygen atoms in total. The number of nitrogens with one attached hydrogen (secondary N) is 1. The summed E-state index contributed by atoms with van der Waals surface area (Å²) >= 11 is 1.84. The summed E-state index contributed by atoms with van der Waals surface area (Å²) in [6.07, 6.45) is 2.71. The molecule has 2 aromatic heterocycles. The molecule has 2 aromatic rings. The molecule has 0 aromatic carbocycles. The van der Waals surface area contributed by atoms with Crippen molar-refractivity contribution < 1.29 is 14.1 Å². The number of aryl methyl sites for hydroxylation is 1. The molecule has 1 fully saturated rings. The molecule has 1 aliphatic rings. The molecule has 8 heteroatoms. The Kier molecular flexibility index (Phi) is 4.57. The van der Waals surface area contributed by atoms with Gasteiger partial charge >= 0.3 is 0 Å². The number of carbonyl (C=O) groups excluding carboxylic acids is 1. The molecule has 0 aliphatic carbocycles. The van der Waals surface area contributed by atoms with E-state index in [2.05, 4.69) is 20.4 Å². The van der Waals surface area contributed by atoms with Gasteiger partial charge in [-0.3, -0.25) is 4.79 Å². The molecule has 0 bridgehead atoms. The molecular formula is C14H16N4O3S. The number of pyridine rings is 1. The molecule has 116 valence electrons. The zero-order valence-electron chi connectivity index (χ0n) is 12.1. The van der Waals surface area contributed by atoms with Crippen LogP contribution in [0.2, 0.25) is 0 Å². The zero-order valence-corrected chi connectivity index (χ0v) is 12.9. The predicted molar refractivity (Wildman–Crippen MR) is 80.8 cm³/mol. The van der Waals surface area contributed by atoms with E-state index in [-0.39, 0.29) is 18.6 Å². The van der Waals surface area contributed by atoms with Gasteiger partial charge in [-0.15, -0.1) is 0 Å². The fraction of sp³-hybridized carbons (Fsp3) is 0.429. The van der Waals surface area contributed by atoms with Gasteiger partial charge in [0.1, 0.15) is 11.7 Å². The van der Waals surface area contributed by atoms with Crippen molar-refractivity contribution in [2.45, 2.75) is 26.0 Å². The molecule has 0 spiro atoms.